The summed E-state index contributed by atoms with van der Waals surface area (Å²) in [6.45, 7) is 2.09. The number of rotatable bonds is 5. The van der Waals surface area contributed by atoms with Gasteiger partial charge in [-0.15, -0.1) is 0 Å². The number of hydrogen-bond donors (Lipinski definition) is 1. The van der Waals surface area contributed by atoms with E-state index in [1.54, 1.807) is 0 Å². The minimum atomic E-state index is 0.789. The molecule has 0 aliphatic heterocycles. The van der Waals surface area contributed by atoms with E-state index in [2.05, 4.69) is 110 Å². The highest BCUT2D eigenvalue weighted by Crippen LogP contribution is 2.23. The molecule has 0 spiro atoms. The molecule has 0 heterocycles. The van der Waals surface area contributed by atoms with E-state index >= 15 is 0 Å². The maximum absolute atomic E-state index is 6.38. The normalized spacial score (nSPS) is 11.4. The van der Waals surface area contributed by atoms with Crippen molar-refractivity contribution in [1.29, 1.82) is 0 Å². The Labute approximate surface area is 173 Å². The van der Waals surface area contributed by atoms with Crippen molar-refractivity contribution < 1.29 is 0 Å². The molecule has 29 heavy (non-hydrogen) atoms. The van der Waals surface area contributed by atoms with Gasteiger partial charge in [0.1, 0.15) is 0 Å². The highest BCUT2D eigenvalue weighted by molar-refractivity contribution is 5.80. The predicted molar refractivity (Wildman–Crippen MR) is 124 cm³/mol. The van der Waals surface area contributed by atoms with E-state index in [0.29, 0.717) is 0 Å². The second-order valence-electron chi connectivity index (χ2n) is 7.40. The molecule has 0 atom stereocenters. The minimum Gasteiger partial charge on any atom is -0.398 e. The van der Waals surface area contributed by atoms with Crippen LogP contribution in [0.1, 0.15) is 27.8 Å². The quantitative estimate of drug-likeness (QED) is 0.385. The Bertz CT molecular complexity index is 1110. The van der Waals surface area contributed by atoms with Gasteiger partial charge in [-0.25, -0.2) is 0 Å². The first kappa shape index (κ1) is 18.8. The van der Waals surface area contributed by atoms with E-state index in [4.69, 9.17) is 5.73 Å². The van der Waals surface area contributed by atoms with E-state index < -0.39 is 0 Å². The number of benzene rings is 4. The van der Waals surface area contributed by atoms with E-state index in [0.717, 1.165) is 23.2 Å². The summed E-state index contributed by atoms with van der Waals surface area (Å²) in [6.07, 6.45) is 2.96. The molecule has 0 unspecified atom stereocenters. The third-order valence-electron chi connectivity index (χ3n) is 5.21. The first-order chi connectivity index (χ1) is 14.2. The maximum Gasteiger partial charge on any atom is 0.0393 e. The average molecular weight is 376 g/mol. The van der Waals surface area contributed by atoms with Gasteiger partial charge in [-0.2, -0.15) is 0 Å². The monoisotopic (exact) mass is 375 g/mol. The second-order valence-corrected chi connectivity index (χ2v) is 7.40. The van der Waals surface area contributed by atoms with E-state index in [1.165, 1.54) is 27.8 Å². The zero-order valence-electron chi connectivity index (χ0n) is 16.7. The fourth-order valence-corrected chi connectivity index (χ4v) is 3.50. The van der Waals surface area contributed by atoms with Crippen LogP contribution < -0.4 is 5.73 Å². The third kappa shape index (κ3) is 4.64. The van der Waals surface area contributed by atoms with Gasteiger partial charge >= 0.3 is 0 Å². The van der Waals surface area contributed by atoms with Gasteiger partial charge in [-0.05, 0) is 52.8 Å². The molecule has 0 saturated heterocycles. The van der Waals surface area contributed by atoms with Gasteiger partial charge in [-0.3, -0.25) is 0 Å². The largest absolute Gasteiger partial charge is 0.398 e. The molecule has 4 rings (SSSR count). The highest BCUT2D eigenvalue weighted by atomic mass is 14.6. The van der Waals surface area contributed by atoms with Crippen molar-refractivity contribution in [2.45, 2.75) is 13.3 Å². The van der Waals surface area contributed by atoms with Crippen LogP contribution in [0, 0.1) is 6.92 Å². The molecule has 0 aromatic heterocycles. The first-order valence-electron chi connectivity index (χ1n) is 9.95. The van der Waals surface area contributed by atoms with Gasteiger partial charge in [0.2, 0.25) is 0 Å². The van der Waals surface area contributed by atoms with Crippen molar-refractivity contribution in [3.05, 3.63) is 131 Å². The molecule has 4 aromatic carbocycles. The molecule has 4 aromatic rings. The summed E-state index contributed by atoms with van der Waals surface area (Å²) in [6, 6.07) is 36.1. The lowest BCUT2D eigenvalue weighted by molar-refractivity contribution is 1.18. The second kappa shape index (κ2) is 8.62. The number of aryl methyl sites for hydroxylation is 1. The van der Waals surface area contributed by atoms with E-state index in [-0.39, 0.29) is 0 Å². The first-order valence-corrected chi connectivity index (χ1v) is 9.95. The molecule has 0 radical (unpaired) electrons. The number of hydrogen-bond acceptors (Lipinski definition) is 1. The van der Waals surface area contributed by atoms with Crippen molar-refractivity contribution in [2.75, 3.05) is 0 Å². The SMILES string of the molecule is Cc1ccc(/C(N)=C/c2ccccc2Cc2ccc(-c3ccccc3)cc2)cc1. The van der Waals surface area contributed by atoms with E-state index in [1.807, 2.05) is 6.07 Å². The lowest BCUT2D eigenvalue weighted by atomic mass is 9.96. The molecular weight excluding hydrogens is 350 g/mol. The van der Waals surface area contributed by atoms with Crippen LogP contribution >= 0.6 is 0 Å². The smallest absolute Gasteiger partial charge is 0.0393 e. The fourth-order valence-electron chi connectivity index (χ4n) is 3.50. The van der Waals surface area contributed by atoms with Crippen LogP contribution in [0.25, 0.3) is 22.9 Å². The summed E-state index contributed by atoms with van der Waals surface area (Å²) in [4.78, 5) is 0. The average Bonchev–Trinajstić information content (AvgIpc) is 2.77. The van der Waals surface area contributed by atoms with Crippen molar-refractivity contribution >= 4 is 11.8 Å². The standard InChI is InChI=1S/C28H25N/c1-21-11-15-25(16-12-21)28(29)20-27-10-6-5-9-26(27)19-22-13-17-24(18-14-22)23-7-3-2-4-8-23/h2-18,20H,19,29H2,1H3/b28-20-. The lowest BCUT2D eigenvalue weighted by Gasteiger charge is -2.09. The zero-order chi connectivity index (χ0) is 20.1. The molecular formula is C28H25N. The third-order valence-corrected chi connectivity index (χ3v) is 5.21. The van der Waals surface area contributed by atoms with Crippen LogP contribution in [0.5, 0.6) is 0 Å². The van der Waals surface area contributed by atoms with Crippen LogP contribution in [0.3, 0.4) is 0 Å². The van der Waals surface area contributed by atoms with Gasteiger partial charge in [0.05, 0.1) is 0 Å². The Morgan fingerprint density at radius 1 is 0.690 bits per heavy atom. The summed E-state index contributed by atoms with van der Waals surface area (Å²) in [7, 11) is 0. The molecule has 1 heteroatoms. The minimum absolute atomic E-state index is 0.789. The van der Waals surface area contributed by atoms with Gasteiger partial charge in [0.25, 0.3) is 0 Å². The Morgan fingerprint density at radius 3 is 2.03 bits per heavy atom. The Kier molecular flexibility index (Phi) is 5.58. The molecule has 0 bridgehead atoms. The Balaban J connectivity index is 1.57. The Morgan fingerprint density at radius 2 is 1.31 bits per heavy atom. The molecule has 1 nitrogen and oxygen atoms in total. The lowest BCUT2D eigenvalue weighted by Crippen LogP contribution is -1.98. The van der Waals surface area contributed by atoms with Crippen molar-refractivity contribution in [1.82, 2.24) is 0 Å². The molecule has 0 amide bonds. The fraction of sp³-hybridized carbons (Fsp3) is 0.0714. The summed E-state index contributed by atoms with van der Waals surface area (Å²) in [5.41, 5.74) is 15.7. The summed E-state index contributed by atoms with van der Waals surface area (Å²) >= 11 is 0. The molecule has 0 aliphatic carbocycles. The topological polar surface area (TPSA) is 26.0 Å². The molecule has 142 valence electrons. The van der Waals surface area contributed by atoms with Crippen molar-refractivity contribution in [3.8, 4) is 11.1 Å². The van der Waals surface area contributed by atoms with Crippen LogP contribution in [-0.4, -0.2) is 0 Å². The summed E-state index contributed by atoms with van der Waals surface area (Å²) in [5.74, 6) is 0. The van der Waals surface area contributed by atoms with Gasteiger partial charge < -0.3 is 5.73 Å². The van der Waals surface area contributed by atoms with Crippen molar-refractivity contribution in [2.24, 2.45) is 5.73 Å². The van der Waals surface area contributed by atoms with Crippen LogP contribution in [0.2, 0.25) is 0 Å². The molecule has 0 saturated carbocycles. The maximum atomic E-state index is 6.38. The van der Waals surface area contributed by atoms with E-state index in [9.17, 15) is 0 Å². The van der Waals surface area contributed by atoms with Gasteiger partial charge in [-0.1, -0.05) is 109 Å². The summed E-state index contributed by atoms with van der Waals surface area (Å²) in [5, 5.41) is 0. The summed E-state index contributed by atoms with van der Waals surface area (Å²) < 4.78 is 0. The Hall–Kier alpha value is -3.58. The van der Waals surface area contributed by atoms with Gasteiger partial charge in [0, 0.05) is 5.70 Å². The molecule has 0 aliphatic rings. The zero-order valence-corrected chi connectivity index (χ0v) is 16.7. The predicted octanol–water partition coefficient (Wildman–Crippen LogP) is 6.71. The van der Waals surface area contributed by atoms with Crippen LogP contribution in [-0.2, 0) is 6.42 Å². The van der Waals surface area contributed by atoms with Crippen molar-refractivity contribution in [3.63, 3.8) is 0 Å². The number of nitrogens with two attached hydrogens (primary N) is 1. The van der Waals surface area contributed by atoms with Crippen LogP contribution in [0.15, 0.2) is 103 Å². The van der Waals surface area contributed by atoms with Gasteiger partial charge in [0.15, 0.2) is 0 Å². The highest BCUT2D eigenvalue weighted by Gasteiger charge is 2.04. The molecule has 0 fully saturated rings. The van der Waals surface area contributed by atoms with Crippen LogP contribution in [0.4, 0.5) is 0 Å². The molecule has 2 N–H and O–H groups in total.